The van der Waals surface area contributed by atoms with Crippen LogP contribution in [0.25, 0.3) is 33.4 Å². The maximum atomic E-state index is 5.26. The third-order valence-electron chi connectivity index (χ3n) is 14.2. The zero-order valence-corrected chi connectivity index (χ0v) is 34.4. The van der Waals surface area contributed by atoms with Crippen LogP contribution in [0.5, 0.6) is 0 Å². The maximum absolute atomic E-state index is 5.26. The molecule has 1 aromatic heterocycles. The fourth-order valence-corrected chi connectivity index (χ4v) is 11.4. The van der Waals surface area contributed by atoms with Crippen molar-refractivity contribution in [2.24, 2.45) is 27.7 Å². The van der Waals surface area contributed by atoms with Gasteiger partial charge in [0, 0.05) is 79.6 Å². The Morgan fingerprint density at radius 3 is 2.39 bits per heavy atom. The van der Waals surface area contributed by atoms with Crippen LogP contribution < -0.4 is 10.2 Å². The number of hydrogen-bond acceptors (Lipinski definition) is 4. The van der Waals surface area contributed by atoms with Gasteiger partial charge in [-0.25, -0.2) is 9.98 Å². The van der Waals surface area contributed by atoms with Gasteiger partial charge in [-0.2, -0.15) is 0 Å². The Hall–Kier alpha value is -7.24. The summed E-state index contributed by atoms with van der Waals surface area (Å²) in [7, 11) is 0. The maximum Gasteiger partial charge on any atom is 0.159 e. The standard InChI is InChI=1S/C57H45N5/c1-3-17-36(18-4-1)55-58-56(37-19-5-2-6-20-37)60-57(59-55)45-31-32-50(43-26-12-11-25-42(43)45)61-49-30-16-14-28-46(49)53-52(61)35-40-23-9-10-24-41(40)54(53)62-48-29-15-13-27-44(48)47-33-38-21-7-8-22-39(38)34-51(47)62/h1-15,17-23,25-29,31-33,35,39,41,46,49,55H,16,24,30,34H2,(H,58,59,60). The second-order valence-corrected chi connectivity index (χ2v) is 17.5. The average molecular weight is 800 g/mol. The molecule has 0 amide bonds. The molecule has 13 rings (SSSR count). The van der Waals surface area contributed by atoms with Crippen LogP contribution in [0.15, 0.2) is 214 Å². The van der Waals surface area contributed by atoms with Crippen molar-refractivity contribution in [1.82, 2.24) is 9.88 Å². The highest BCUT2D eigenvalue weighted by atomic mass is 15.2. The predicted molar refractivity (Wildman–Crippen MR) is 256 cm³/mol. The minimum absolute atomic E-state index is 0.264. The van der Waals surface area contributed by atoms with Gasteiger partial charge in [0.1, 0.15) is 12.0 Å². The van der Waals surface area contributed by atoms with Crippen LogP contribution >= 0.6 is 0 Å². The van der Waals surface area contributed by atoms with Crippen molar-refractivity contribution >= 4 is 50.8 Å². The van der Waals surface area contributed by atoms with Crippen molar-refractivity contribution < 1.29 is 0 Å². The zero-order valence-electron chi connectivity index (χ0n) is 34.4. The van der Waals surface area contributed by atoms with Gasteiger partial charge in [-0.05, 0) is 78.1 Å². The van der Waals surface area contributed by atoms with Crippen LogP contribution in [-0.4, -0.2) is 22.3 Å². The van der Waals surface area contributed by atoms with E-state index in [9.17, 15) is 0 Å². The summed E-state index contributed by atoms with van der Waals surface area (Å²) in [5, 5.41) is 7.51. The summed E-state index contributed by atoms with van der Waals surface area (Å²) in [5.41, 5.74) is 15.7. The van der Waals surface area contributed by atoms with Crippen molar-refractivity contribution in [1.29, 1.82) is 0 Å². The predicted octanol–water partition coefficient (Wildman–Crippen LogP) is 12.4. The molecule has 3 heterocycles. The molecular weight excluding hydrogens is 755 g/mol. The number of nitrogens with zero attached hydrogens (tertiary/aromatic N) is 4. The Morgan fingerprint density at radius 1 is 0.694 bits per heavy atom. The third-order valence-corrected chi connectivity index (χ3v) is 14.2. The molecule has 5 heteroatoms. The summed E-state index contributed by atoms with van der Waals surface area (Å²) < 4.78 is 2.73. The molecule has 1 fully saturated rings. The van der Waals surface area contributed by atoms with Crippen molar-refractivity contribution in [3.05, 3.63) is 232 Å². The summed E-state index contributed by atoms with van der Waals surface area (Å²) in [6, 6.07) is 43.9. The number of anilines is 1. The van der Waals surface area contributed by atoms with E-state index in [-0.39, 0.29) is 18.0 Å². The summed E-state index contributed by atoms with van der Waals surface area (Å²) in [6.07, 6.45) is 30.0. The Kier molecular flexibility index (Phi) is 8.12. The quantitative estimate of drug-likeness (QED) is 0.177. The number of aliphatic imine (C=N–C) groups is 2. The smallest absolute Gasteiger partial charge is 0.159 e. The number of nitrogens with one attached hydrogen (secondary N) is 1. The first-order valence-corrected chi connectivity index (χ1v) is 22.3. The number of para-hydroxylation sites is 1. The molecule has 0 radical (unpaired) electrons. The van der Waals surface area contributed by atoms with E-state index < -0.39 is 0 Å². The van der Waals surface area contributed by atoms with E-state index in [2.05, 4.69) is 197 Å². The van der Waals surface area contributed by atoms with Gasteiger partial charge in [0.05, 0.1) is 5.52 Å². The minimum atomic E-state index is -0.266. The Balaban J connectivity index is 1.00. The van der Waals surface area contributed by atoms with Gasteiger partial charge < -0.3 is 14.8 Å². The molecule has 298 valence electrons. The molecule has 62 heavy (non-hydrogen) atoms. The molecule has 1 N–H and O–H groups in total. The van der Waals surface area contributed by atoms with Crippen molar-refractivity contribution in [3.8, 4) is 0 Å². The Morgan fingerprint density at radius 2 is 1.50 bits per heavy atom. The van der Waals surface area contributed by atoms with E-state index in [1.54, 1.807) is 0 Å². The van der Waals surface area contributed by atoms with Crippen LogP contribution in [0.1, 0.15) is 53.4 Å². The zero-order chi connectivity index (χ0) is 40.7. The van der Waals surface area contributed by atoms with Gasteiger partial charge in [0.15, 0.2) is 5.84 Å². The fraction of sp³-hybridized carbons (Fsp3) is 0.158. The van der Waals surface area contributed by atoms with E-state index in [4.69, 9.17) is 9.98 Å². The summed E-state index contributed by atoms with van der Waals surface area (Å²) >= 11 is 0. The topological polar surface area (TPSA) is 44.9 Å². The lowest BCUT2D eigenvalue weighted by atomic mass is 9.76. The first-order chi connectivity index (χ1) is 30.8. The number of rotatable bonds is 5. The average Bonchev–Trinajstić information content (AvgIpc) is 3.84. The molecule has 1 saturated heterocycles. The third kappa shape index (κ3) is 5.47. The highest BCUT2D eigenvalue weighted by molar-refractivity contribution is 6.19. The lowest BCUT2D eigenvalue weighted by Gasteiger charge is -2.35. The highest BCUT2D eigenvalue weighted by Crippen LogP contribution is 2.56. The number of fused-ring (bicyclic) bond motifs is 9. The minimum Gasteiger partial charge on any atom is -0.344 e. The van der Waals surface area contributed by atoms with Gasteiger partial charge in [-0.1, -0.05) is 158 Å². The molecule has 6 aromatic rings. The Labute approximate surface area is 362 Å². The van der Waals surface area contributed by atoms with Crippen molar-refractivity contribution in [2.75, 3.05) is 4.90 Å². The van der Waals surface area contributed by atoms with Gasteiger partial charge in [-0.15, -0.1) is 0 Å². The molecule has 2 aliphatic heterocycles. The molecular formula is C57H45N5. The second-order valence-electron chi connectivity index (χ2n) is 17.5. The molecule has 5 unspecified atom stereocenters. The van der Waals surface area contributed by atoms with E-state index in [0.29, 0.717) is 12.0 Å². The molecule has 5 aliphatic carbocycles. The van der Waals surface area contributed by atoms with Gasteiger partial charge in [0.25, 0.3) is 0 Å². The lowest BCUT2D eigenvalue weighted by Crippen LogP contribution is -2.34. The SMILES string of the molecule is C1=CCC2C(=C1)C=C1C(=C2n2c3c(c4ccccc42)C=C2C=CC=CC2C3)C2C=CCCC2N1c1ccc(C2=NC(c3ccccc3)=NC(c3ccccc3)N2)c2ccccc12. The number of hydrogen-bond donors (Lipinski definition) is 1. The van der Waals surface area contributed by atoms with Gasteiger partial charge in [0.2, 0.25) is 0 Å². The van der Waals surface area contributed by atoms with E-state index in [1.807, 2.05) is 6.07 Å². The van der Waals surface area contributed by atoms with Crippen molar-refractivity contribution in [3.63, 3.8) is 0 Å². The largest absolute Gasteiger partial charge is 0.344 e. The molecule has 0 spiro atoms. The number of aromatic nitrogens is 1. The summed E-state index contributed by atoms with van der Waals surface area (Å²) in [6.45, 7) is 0. The molecule has 5 nitrogen and oxygen atoms in total. The fourth-order valence-electron chi connectivity index (χ4n) is 11.4. The summed E-state index contributed by atoms with van der Waals surface area (Å²) in [4.78, 5) is 13.1. The highest BCUT2D eigenvalue weighted by Gasteiger charge is 2.48. The molecule has 5 atom stereocenters. The van der Waals surface area contributed by atoms with Crippen LogP contribution in [0.4, 0.5) is 5.69 Å². The van der Waals surface area contributed by atoms with E-state index in [1.165, 1.54) is 66.7 Å². The van der Waals surface area contributed by atoms with E-state index in [0.717, 1.165) is 54.0 Å². The van der Waals surface area contributed by atoms with Crippen LogP contribution in [0, 0.1) is 17.8 Å². The molecule has 5 aromatic carbocycles. The monoisotopic (exact) mass is 799 g/mol. The van der Waals surface area contributed by atoms with Crippen LogP contribution in [0.2, 0.25) is 0 Å². The van der Waals surface area contributed by atoms with Crippen LogP contribution in [-0.2, 0) is 6.42 Å². The van der Waals surface area contributed by atoms with Gasteiger partial charge >= 0.3 is 0 Å². The van der Waals surface area contributed by atoms with Gasteiger partial charge in [-0.3, -0.25) is 0 Å². The first-order valence-electron chi connectivity index (χ1n) is 22.3. The number of allylic oxidation sites excluding steroid dienone is 13. The second kappa shape index (κ2) is 14.2. The number of benzene rings is 5. The molecule has 0 bridgehead atoms. The molecule has 7 aliphatic rings. The van der Waals surface area contributed by atoms with Crippen molar-refractivity contribution in [2.45, 2.75) is 37.9 Å². The number of amidine groups is 2. The molecule has 0 saturated carbocycles. The first kappa shape index (κ1) is 35.5. The van der Waals surface area contributed by atoms with E-state index >= 15 is 0 Å². The Bertz CT molecular complexity index is 3180. The lowest BCUT2D eigenvalue weighted by molar-refractivity contribution is 0.536. The normalized spacial score (nSPS) is 24.3. The summed E-state index contributed by atoms with van der Waals surface area (Å²) in [5.74, 6) is 2.49. The van der Waals surface area contributed by atoms with Crippen LogP contribution in [0.3, 0.4) is 0 Å².